The Bertz CT molecular complexity index is 627. The first-order valence-electron chi connectivity index (χ1n) is 6.20. The summed E-state index contributed by atoms with van der Waals surface area (Å²) in [5, 5.41) is 10.5. The molecule has 0 amide bonds. The maximum atomic E-state index is 11.2. The summed E-state index contributed by atoms with van der Waals surface area (Å²) in [6.07, 6.45) is 0.609. The number of nitrogens with zero attached hydrogens (tertiary/aromatic N) is 2. The van der Waals surface area contributed by atoms with Gasteiger partial charge in [-0.3, -0.25) is 0 Å². The molecule has 2 aromatic rings. The van der Waals surface area contributed by atoms with Crippen molar-refractivity contribution >= 4 is 34.0 Å². The van der Waals surface area contributed by atoms with Gasteiger partial charge in [-0.15, -0.1) is 0 Å². The van der Waals surface area contributed by atoms with Crippen LogP contribution < -0.4 is 4.90 Å². The van der Waals surface area contributed by atoms with Crippen molar-refractivity contribution < 1.29 is 9.90 Å². The second-order valence-corrected chi connectivity index (χ2v) is 5.76. The molecule has 0 unspecified atom stereocenters. The van der Waals surface area contributed by atoms with Gasteiger partial charge in [0.2, 0.25) is 0 Å². The third-order valence-corrected chi connectivity index (χ3v) is 4.48. The van der Waals surface area contributed by atoms with Crippen LogP contribution in [0.4, 0.5) is 5.13 Å². The molecule has 106 valence electrons. The Kier molecular flexibility index (Phi) is 4.62. The minimum atomic E-state index is -0.920. The summed E-state index contributed by atoms with van der Waals surface area (Å²) in [6.45, 7) is 2.49. The van der Waals surface area contributed by atoms with Gasteiger partial charge in [0.25, 0.3) is 0 Å². The average molecular weight is 311 g/mol. The number of carbonyl (C=O) groups is 1. The number of carboxylic acid groups (broad SMARTS) is 1. The molecule has 0 aliphatic heterocycles. The lowest BCUT2D eigenvalue weighted by Crippen LogP contribution is -2.16. The van der Waals surface area contributed by atoms with Gasteiger partial charge in [-0.2, -0.15) is 0 Å². The first-order chi connectivity index (χ1) is 9.52. The number of aryl methyl sites for hydroxylation is 1. The second kappa shape index (κ2) is 6.24. The number of aromatic nitrogens is 1. The normalized spacial score (nSPS) is 10.6. The molecule has 0 fully saturated rings. The van der Waals surface area contributed by atoms with Crippen molar-refractivity contribution in [2.24, 2.45) is 0 Å². The summed E-state index contributed by atoms with van der Waals surface area (Å²) in [5.41, 5.74) is 1.62. The molecule has 0 bridgehead atoms. The number of carboxylic acids is 1. The Hall–Kier alpha value is -1.59. The van der Waals surface area contributed by atoms with Gasteiger partial charge in [0.15, 0.2) is 5.13 Å². The highest BCUT2D eigenvalue weighted by Crippen LogP contribution is 2.28. The molecule has 4 nitrogen and oxygen atoms in total. The molecule has 6 heteroatoms. The van der Waals surface area contributed by atoms with Crippen LogP contribution in [0.25, 0.3) is 0 Å². The number of hydrogen-bond donors (Lipinski definition) is 1. The molecule has 20 heavy (non-hydrogen) atoms. The smallest absolute Gasteiger partial charge is 0.347 e. The first-order valence-corrected chi connectivity index (χ1v) is 7.40. The lowest BCUT2D eigenvalue weighted by Gasteiger charge is -2.16. The van der Waals surface area contributed by atoms with Crippen molar-refractivity contribution in [2.45, 2.75) is 19.9 Å². The van der Waals surface area contributed by atoms with E-state index >= 15 is 0 Å². The van der Waals surface area contributed by atoms with Crippen LogP contribution in [0, 0.1) is 0 Å². The zero-order valence-corrected chi connectivity index (χ0v) is 12.8. The van der Waals surface area contributed by atoms with Crippen molar-refractivity contribution in [2.75, 3.05) is 11.9 Å². The van der Waals surface area contributed by atoms with Crippen molar-refractivity contribution in [1.29, 1.82) is 0 Å². The SMILES string of the molecule is CCc1nc(N(C)Cc2ccccc2Cl)sc1C(=O)O. The van der Waals surface area contributed by atoms with E-state index in [9.17, 15) is 4.79 Å². The Morgan fingerprint density at radius 2 is 2.15 bits per heavy atom. The zero-order chi connectivity index (χ0) is 14.7. The van der Waals surface area contributed by atoms with Crippen LogP contribution in [0.3, 0.4) is 0 Å². The third kappa shape index (κ3) is 3.11. The molecule has 0 atom stereocenters. The standard InChI is InChI=1S/C14H15ClN2O2S/c1-3-11-12(13(18)19)20-14(16-11)17(2)8-9-6-4-5-7-10(9)15/h4-7H,3,8H2,1-2H3,(H,18,19). The minimum Gasteiger partial charge on any atom is -0.477 e. The molecule has 0 aliphatic rings. The highest BCUT2D eigenvalue weighted by Gasteiger charge is 2.18. The third-order valence-electron chi connectivity index (χ3n) is 2.91. The van der Waals surface area contributed by atoms with Crippen molar-refractivity contribution in [1.82, 2.24) is 4.98 Å². The largest absolute Gasteiger partial charge is 0.477 e. The van der Waals surface area contributed by atoms with Gasteiger partial charge in [-0.05, 0) is 18.1 Å². The summed E-state index contributed by atoms with van der Waals surface area (Å²) in [5.74, 6) is -0.920. The fourth-order valence-corrected chi connectivity index (χ4v) is 3.01. The van der Waals surface area contributed by atoms with Gasteiger partial charge in [0.05, 0.1) is 5.69 Å². The summed E-state index contributed by atoms with van der Waals surface area (Å²) >= 11 is 7.33. The Morgan fingerprint density at radius 3 is 2.70 bits per heavy atom. The quantitative estimate of drug-likeness (QED) is 0.915. The van der Waals surface area contributed by atoms with Gasteiger partial charge in [0.1, 0.15) is 4.88 Å². The van der Waals surface area contributed by atoms with E-state index in [4.69, 9.17) is 16.7 Å². The lowest BCUT2D eigenvalue weighted by atomic mass is 10.2. The van der Waals surface area contributed by atoms with Gasteiger partial charge in [-0.25, -0.2) is 9.78 Å². The Labute approximate surface area is 126 Å². The maximum absolute atomic E-state index is 11.2. The topological polar surface area (TPSA) is 53.4 Å². The molecular weight excluding hydrogens is 296 g/mol. The van der Waals surface area contributed by atoms with Crippen molar-refractivity contribution in [3.63, 3.8) is 0 Å². The van der Waals surface area contributed by atoms with Crippen LogP contribution in [0.15, 0.2) is 24.3 Å². The number of anilines is 1. The fourth-order valence-electron chi connectivity index (χ4n) is 1.86. The van der Waals surface area contributed by atoms with E-state index in [1.165, 1.54) is 11.3 Å². The molecule has 1 aromatic carbocycles. The Balaban J connectivity index is 2.23. The van der Waals surface area contributed by atoms with Crippen LogP contribution in [0.5, 0.6) is 0 Å². The van der Waals surface area contributed by atoms with Gasteiger partial charge < -0.3 is 10.0 Å². The van der Waals surface area contributed by atoms with Crippen LogP contribution in [0.1, 0.15) is 27.9 Å². The Morgan fingerprint density at radius 1 is 1.45 bits per heavy atom. The van der Waals surface area contributed by atoms with Gasteiger partial charge in [-0.1, -0.05) is 48.1 Å². The maximum Gasteiger partial charge on any atom is 0.347 e. The molecule has 1 heterocycles. The van der Waals surface area contributed by atoms with Crippen molar-refractivity contribution in [3.05, 3.63) is 45.4 Å². The van der Waals surface area contributed by atoms with E-state index in [1.807, 2.05) is 43.1 Å². The molecule has 0 aliphatic carbocycles. The highest BCUT2D eigenvalue weighted by molar-refractivity contribution is 7.17. The summed E-state index contributed by atoms with van der Waals surface area (Å²) in [4.78, 5) is 17.8. The van der Waals surface area contributed by atoms with Crippen LogP contribution in [-0.2, 0) is 13.0 Å². The molecule has 0 saturated heterocycles. The summed E-state index contributed by atoms with van der Waals surface area (Å²) < 4.78 is 0. The van der Waals surface area contributed by atoms with E-state index in [2.05, 4.69) is 4.98 Å². The van der Waals surface area contributed by atoms with E-state index in [-0.39, 0.29) is 0 Å². The number of halogens is 1. The number of thiazole rings is 1. The minimum absolute atomic E-state index is 0.313. The average Bonchev–Trinajstić information content (AvgIpc) is 2.86. The van der Waals surface area contributed by atoms with E-state index in [1.54, 1.807) is 0 Å². The molecule has 0 saturated carbocycles. The molecule has 1 aromatic heterocycles. The monoisotopic (exact) mass is 310 g/mol. The van der Waals surface area contributed by atoms with Crippen LogP contribution >= 0.6 is 22.9 Å². The first kappa shape index (κ1) is 14.8. The number of rotatable bonds is 5. The zero-order valence-electron chi connectivity index (χ0n) is 11.3. The molecule has 2 rings (SSSR count). The predicted octanol–water partition coefficient (Wildman–Crippen LogP) is 3.69. The summed E-state index contributed by atoms with van der Waals surface area (Å²) in [6, 6.07) is 7.60. The molecule has 1 N–H and O–H groups in total. The molecular formula is C14H15ClN2O2S. The fraction of sp³-hybridized carbons (Fsp3) is 0.286. The van der Waals surface area contributed by atoms with E-state index < -0.39 is 5.97 Å². The van der Waals surface area contributed by atoms with Gasteiger partial charge >= 0.3 is 5.97 Å². The second-order valence-electron chi connectivity index (χ2n) is 4.38. The van der Waals surface area contributed by atoms with Crippen LogP contribution in [-0.4, -0.2) is 23.1 Å². The molecule has 0 spiro atoms. The van der Waals surface area contributed by atoms with Crippen molar-refractivity contribution in [3.8, 4) is 0 Å². The molecule has 0 radical (unpaired) electrons. The predicted molar refractivity (Wildman–Crippen MR) is 82.0 cm³/mol. The highest BCUT2D eigenvalue weighted by atomic mass is 35.5. The number of hydrogen-bond acceptors (Lipinski definition) is 4. The number of aromatic carboxylic acids is 1. The summed E-state index contributed by atoms with van der Waals surface area (Å²) in [7, 11) is 1.88. The van der Waals surface area contributed by atoms with E-state index in [0.717, 1.165) is 5.56 Å². The lowest BCUT2D eigenvalue weighted by molar-refractivity contribution is 0.0701. The number of benzene rings is 1. The van der Waals surface area contributed by atoms with Crippen LogP contribution in [0.2, 0.25) is 5.02 Å². The van der Waals surface area contributed by atoms with Gasteiger partial charge in [0, 0.05) is 18.6 Å². The van der Waals surface area contributed by atoms with E-state index in [0.29, 0.717) is 33.7 Å².